The van der Waals surface area contributed by atoms with Crippen LogP contribution in [0.3, 0.4) is 0 Å². The quantitative estimate of drug-likeness (QED) is 0.879. The number of anilines is 1. The third-order valence-electron chi connectivity index (χ3n) is 2.90. The molecule has 1 aromatic heterocycles. The molecule has 0 saturated heterocycles. The molecule has 2 rings (SSSR count). The highest BCUT2D eigenvalue weighted by Gasteiger charge is 2.20. The van der Waals surface area contributed by atoms with E-state index >= 15 is 0 Å². The van der Waals surface area contributed by atoms with Gasteiger partial charge in [-0.05, 0) is 38.1 Å². The lowest BCUT2D eigenvalue weighted by Crippen LogP contribution is -2.30. The number of esters is 1. The summed E-state index contributed by atoms with van der Waals surface area (Å²) in [4.78, 5) is 25.4. The number of hydrogen-bond donors (Lipinski definition) is 1. The summed E-state index contributed by atoms with van der Waals surface area (Å²) >= 11 is 1.31. The molecule has 0 aliphatic heterocycles. The van der Waals surface area contributed by atoms with Crippen molar-refractivity contribution in [3.05, 3.63) is 51.7 Å². The Morgan fingerprint density at radius 1 is 1.27 bits per heavy atom. The topological polar surface area (TPSA) is 79.2 Å². The van der Waals surface area contributed by atoms with Crippen molar-refractivity contribution in [1.29, 1.82) is 5.26 Å². The van der Waals surface area contributed by atoms with Gasteiger partial charge in [0.25, 0.3) is 5.91 Å². The first-order valence-electron chi connectivity index (χ1n) is 6.58. The molecule has 1 aromatic carbocycles. The van der Waals surface area contributed by atoms with E-state index in [0.717, 1.165) is 4.88 Å². The van der Waals surface area contributed by atoms with E-state index in [2.05, 4.69) is 5.32 Å². The highest BCUT2D eigenvalue weighted by atomic mass is 32.1. The average Bonchev–Trinajstić information content (AvgIpc) is 2.94. The molecule has 0 radical (unpaired) electrons. The molecule has 0 aliphatic rings. The molecule has 2 aromatic rings. The Labute approximate surface area is 132 Å². The maximum Gasteiger partial charge on any atom is 0.349 e. The van der Waals surface area contributed by atoms with Crippen LogP contribution in [-0.4, -0.2) is 18.0 Å². The van der Waals surface area contributed by atoms with Gasteiger partial charge < -0.3 is 10.1 Å². The van der Waals surface area contributed by atoms with Gasteiger partial charge in [-0.15, -0.1) is 11.3 Å². The molecule has 0 fully saturated rings. The van der Waals surface area contributed by atoms with E-state index in [9.17, 15) is 9.59 Å². The van der Waals surface area contributed by atoms with Crippen LogP contribution in [-0.2, 0) is 9.53 Å². The smallest absolute Gasteiger partial charge is 0.349 e. The van der Waals surface area contributed by atoms with Gasteiger partial charge in [0, 0.05) is 4.88 Å². The van der Waals surface area contributed by atoms with Crippen molar-refractivity contribution in [3.8, 4) is 6.07 Å². The van der Waals surface area contributed by atoms with Crippen LogP contribution in [0.1, 0.15) is 27.0 Å². The average molecular weight is 314 g/mol. The summed E-state index contributed by atoms with van der Waals surface area (Å²) in [5.74, 6) is -1.02. The van der Waals surface area contributed by atoms with E-state index in [1.165, 1.54) is 18.3 Å². The Hall–Kier alpha value is -2.65. The van der Waals surface area contributed by atoms with Gasteiger partial charge in [0.15, 0.2) is 6.10 Å². The number of nitriles is 1. The maximum absolute atomic E-state index is 12.1. The Morgan fingerprint density at radius 2 is 2.00 bits per heavy atom. The minimum Gasteiger partial charge on any atom is -0.448 e. The molecule has 0 bridgehead atoms. The van der Waals surface area contributed by atoms with Crippen molar-refractivity contribution in [2.45, 2.75) is 20.0 Å². The number of para-hydroxylation sites is 1. The van der Waals surface area contributed by atoms with E-state index in [-0.39, 0.29) is 0 Å². The number of ether oxygens (including phenoxy) is 1. The zero-order valence-electron chi connectivity index (χ0n) is 12.1. The lowest BCUT2D eigenvalue weighted by atomic mass is 10.2. The van der Waals surface area contributed by atoms with Crippen LogP contribution in [0.4, 0.5) is 5.69 Å². The molecule has 112 valence electrons. The van der Waals surface area contributed by atoms with Gasteiger partial charge >= 0.3 is 5.97 Å². The van der Waals surface area contributed by atoms with Gasteiger partial charge in [-0.3, -0.25) is 4.79 Å². The normalized spacial score (nSPS) is 11.3. The second kappa shape index (κ2) is 6.87. The molecular formula is C16H14N2O3S. The van der Waals surface area contributed by atoms with Gasteiger partial charge in [0.2, 0.25) is 0 Å². The van der Waals surface area contributed by atoms with E-state index in [0.29, 0.717) is 16.1 Å². The zero-order valence-corrected chi connectivity index (χ0v) is 12.9. The SMILES string of the molecule is Cc1ccc(C(=O)O[C@H](C)C(=O)Nc2ccccc2C#N)s1. The molecule has 0 unspecified atom stereocenters. The predicted octanol–water partition coefficient (Wildman–Crippen LogP) is 3.11. The van der Waals surface area contributed by atoms with Crippen molar-refractivity contribution in [1.82, 2.24) is 0 Å². The number of rotatable bonds is 4. The standard InChI is InChI=1S/C16H14N2O3S/c1-10-7-8-14(22-10)16(20)21-11(2)15(19)18-13-6-4-3-5-12(13)9-17/h3-8,11H,1-2H3,(H,18,19)/t11-/m1/s1. The number of hydrogen-bond acceptors (Lipinski definition) is 5. The second-order valence-electron chi connectivity index (χ2n) is 4.60. The Morgan fingerprint density at radius 3 is 2.64 bits per heavy atom. The number of carbonyl (C=O) groups is 2. The lowest BCUT2D eigenvalue weighted by Gasteiger charge is -2.13. The van der Waals surface area contributed by atoms with Crippen LogP contribution in [0, 0.1) is 18.3 Å². The fourth-order valence-corrected chi connectivity index (χ4v) is 2.49. The number of aryl methyl sites for hydroxylation is 1. The zero-order chi connectivity index (χ0) is 16.1. The van der Waals surface area contributed by atoms with Crippen molar-refractivity contribution in [3.63, 3.8) is 0 Å². The number of benzene rings is 1. The Balaban J connectivity index is 2.01. The number of nitrogens with one attached hydrogen (secondary N) is 1. The molecule has 1 N–H and O–H groups in total. The number of amides is 1. The summed E-state index contributed by atoms with van der Waals surface area (Å²) < 4.78 is 5.13. The molecule has 22 heavy (non-hydrogen) atoms. The van der Waals surface area contributed by atoms with Gasteiger partial charge in [-0.2, -0.15) is 5.26 Å². The van der Waals surface area contributed by atoms with Crippen molar-refractivity contribution in [2.75, 3.05) is 5.32 Å². The predicted molar refractivity (Wildman–Crippen MR) is 83.7 cm³/mol. The minimum absolute atomic E-state index is 0.350. The fraction of sp³-hybridized carbons (Fsp3) is 0.188. The summed E-state index contributed by atoms with van der Waals surface area (Å²) in [6.45, 7) is 3.37. The van der Waals surface area contributed by atoms with E-state index in [4.69, 9.17) is 10.00 Å². The summed E-state index contributed by atoms with van der Waals surface area (Å²) in [6, 6.07) is 12.1. The van der Waals surface area contributed by atoms with E-state index < -0.39 is 18.0 Å². The molecule has 0 aliphatic carbocycles. The molecule has 1 heterocycles. The summed E-state index contributed by atoms with van der Waals surface area (Å²) in [6.07, 6.45) is -0.957. The molecule has 6 heteroatoms. The molecule has 5 nitrogen and oxygen atoms in total. The summed E-state index contributed by atoms with van der Waals surface area (Å²) in [5, 5.41) is 11.6. The first kappa shape index (κ1) is 15.7. The lowest BCUT2D eigenvalue weighted by molar-refractivity contribution is -0.123. The number of carbonyl (C=O) groups excluding carboxylic acids is 2. The molecular weight excluding hydrogens is 300 g/mol. The van der Waals surface area contributed by atoms with Crippen LogP contribution < -0.4 is 5.32 Å². The molecule has 1 amide bonds. The van der Waals surface area contributed by atoms with Crippen LogP contribution in [0.15, 0.2) is 36.4 Å². The summed E-state index contributed by atoms with van der Waals surface area (Å²) in [5.41, 5.74) is 0.744. The monoisotopic (exact) mass is 314 g/mol. The van der Waals surface area contributed by atoms with E-state index in [1.807, 2.05) is 19.1 Å². The largest absolute Gasteiger partial charge is 0.448 e. The highest BCUT2D eigenvalue weighted by Crippen LogP contribution is 2.18. The van der Waals surface area contributed by atoms with Gasteiger partial charge in [0.1, 0.15) is 10.9 Å². The molecule has 0 saturated carbocycles. The van der Waals surface area contributed by atoms with Gasteiger partial charge in [0.05, 0.1) is 11.3 Å². The third-order valence-corrected chi connectivity index (χ3v) is 3.88. The first-order chi connectivity index (χ1) is 10.5. The first-order valence-corrected chi connectivity index (χ1v) is 7.40. The maximum atomic E-state index is 12.1. The third kappa shape index (κ3) is 3.71. The summed E-state index contributed by atoms with van der Waals surface area (Å²) in [7, 11) is 0. The van der Waals surface area contributed by atoms with Crippen molar-refractivity contribution in [2.24, 2.45) is 0 Å². The van der Waals surface area contributed by atoms with Crippen LogP contribution >= 0.6 is 11.3 Å². The Bertz CT molecular complexity index is 746. The van der Waals surface area contributed by atoms with Crippen molar-refractivity contribution < 1.29 is 14.3 Å². The number of nitrogens with zero attached hydrogens (tertiary/aromatic N) is 1. The van der Waals surface area contributed by atoms with Crippen LogP contribution in [0.25, 0.3) is 0 Å². The van der Waals surface area contributed by atoms with Crippen LogP contribution in [0.5, 0.6) is 0 Å². The van der Waals surface area contributed by atoms with Gasteiger partial charge in [-0.1, -0.05) is 12.1 Å². The molecule has 0 spiro atoms. The van der Waals surface area contributed by atoms with Gasteiger partial charge in [-0.25, -0.2) is 4.79 Å². The minimum atomic E-state index is -0.957. The van der Waals surface area contributed by atoms with Crippen molar-refractivity contribution >= 4 is 28.9 Å². The fourth-order valence-electron chi connectivity index (χ4n) is 1.74. The Kier molecular flexibility index (Phi) is 4.92. The second-order valence-corrected chi connectivity index (χ2v) is 5.89. The number of thiophene rings is 1. The van der Waals surface area contributed by atoms with E-state index in [1.54, 1.807) is 30.3 Å². The molecule has 1 atom stereocenters. The highest BCUT2D eigenvalue weighted by molar-refractivity contribution is 7.13. The van der Waals surface area contributed by atoms with Crippen LogP contribution in [0.2, 0.25) is 0 Å².